The number of anilines is 1. The zero-order valence-electron chi connectivity index (χ0n) is 12.9. The molecule has 0 saturated heterocycles. The summed E-state index contributed by atoms with van der Waals surface area (Å²) in [5, 5.41) is 9.44. The number of nitrogens with zero attached hydrogens (tertiary/aromatic N) is 4. The molecule has 126 valence electrons. The summed E-state index contributed by atoms with van der Waals surface area (Å²) in [6, 6.07) is 12.4. The van der Waals surface area contributed by atoms with E-state index in [2.05, 4.69) is 10.3 Å². The van der Waals surface area contributed by atoms with Crippen LogP contribution in [0.2, 0.25) is 10.0 Å². The number of amides is 1. The Morgan fingerprint density at radius 2 is 1.84 bits per heavy atom. The maximum absolute atomic E-state index is 12.3. The van der Waals surface area contributed by atoms with Crippen molar-refractivity contribution in [2.75, 3.05) is 11.5 Å². The number of fused-ring (bicyclic) bond motifs is 1. The van der Waals surface area contributed by atoms with Crippen LogP contribution in [0, 0.1) is 0 Å². The summed E-state index contributed by atoms with van der Waals surface area (Å²) < 4.78 is 7.08. The number of aromatic nitrogens is 3. The number of hydrogen-bond acceptors (Lipinski definition) is 4. The van der Waals surface area contributed by atoms with Crippen LogP contribution in [-0.4, -0.2) is 27.5 Å². The van der Waals surface area contributed by atoms with E-state index >= 15 is 0 Å². The topological polar surface area (TPSA) is 60.2 Å². The van der Waals surface area contributed by atoms with Crippen molar-refractivity contribution in [2.45, 2.75) is 6.54 Å². The Labute approximate surface area is 153 Å². The van der Waals surface area contributed by atoms with Crippen LogP contribution in [-0.2, 0) is 11.3 Å². The molecule has 0 fully saturated rings. The largest absolute Gasteiger partial charge is 0.482 e. The van der Waals surface area contributed by atoms with Gasteiger partial charge in [0.2, 0.25) is 0 Å². The molecule has 6 nitrogen and oxygen atoms in total. The Balaban J connectivity index is 1.62. The molecule has 1 amide bonds. The molecule has 2 aromatic carbocycles. The highest BCUT2D eigenvalue weighted by atomic mass is 35.5. The fraction of sp³-hybridized carbons (Fsp3) is 0.118. The molecule has 0 unspecified atom stereocenters. The smallest absolute Gasteiger partial charge is 0.265 e. The monoisotopic (exact) mass is 374 g/mol. The molecule has 8 heteroatoms. The summed E-state index contributed by atoms with van der Waals surface area (Å²) >= 11 is 12.0. The minimum atomic E-state index is -0.157. The van der Waals surface area contributed by atoms with Crippen LogP contribution in [0.15, 0.2) is 48.7 Å². The van der Waals surface area contributed by atoms with Crippen molar-refractivity contribution in [3.05, 3.63) is 64.4 Å². The Kier molecular flexibility index (Phi) is 4.07. The highest BCUT2D eigenvalue weighted by molar-refractivity contribution is 6.31. The van der Waals surface area contributed by atoms with Gasteiger partial charge in [-0.05, 0) is 42.5 Å². The van der Waals surface area contributed by atoms with Gasteiger partial charge in [-0.1, -0.05) is 28.4 Å². The van der Waals surface area contributed by atoms with Gasteiger partial charge in [-0.15, -0.1) is 5.10 Å². The highest BCUT2D eigenvalue weighted by Gasteiger charge is 2.26. The van der Waals surface area contributed by atoms with Gasteiger partial charge in [0.15, 0.2) is 6.61 Å². The number of carbonyl (C=O) groups excluding carboxylic acids is 1. The third kappa shape index (κ3) is 3.18. The molecule has 4 rings (SSSR count). The minimum absolute atomic E-state index is 0.0139. The summed E-state index contributed by atoms with van der Waals surface area (Å²) in [5.74, 6) is 0.463. The van der Waals surface area contributed by atoms with E-state index in [4.69, 9.17) is 27.9 Å². The minimum Gasteiger partial charge on any atom is -0.482 e. The molecule has 0 spiro atoms. The molecular weight excluding hydrogens is 363 g/mol. The normalized spacial score (nSPS) is 13.5. The summed E-state index contributed by atoms with van der Waals surface area (Å²) in [5.41, 5.74) is 2.11. The van der Waals surface area contributed by atoms with Crippen LogP contribution in [0.5, 0.6) is 5.75 Å². The van der Waals surface area contributed by atoms with Crippen LogP contribution in [0.3, 0.4) is 0 Å². The summed E-state index contributed by atoms with van der Waals surface area (Å²) in [6.07, 6.45) is 1.77. The third-order valence-electron chi connectivity index (χ3n) is 3.82. The molecule has 2 heterocycles. The Bertz CT molecular complexity index is 940. The van der Waals surface area contributed by atoms with Gasteiger partial charge in [-0.2, -0.15) is 0 Å². The first-order valence-electron chi connectivity index (χ1n) is 7.50. The molecule has 1 aliphatic rings. The van der Waals surface area contributed by atoms with Crippen molar-refractivity contribution in [1.82, 2.24) is 15.0 Å². The molecule has 1 aromatic heterocycles. The molecule has 0 bridgehead atoms. The lowest BCUT2D eigenvalue weighted by Crippen LogP contribution is -2.38. The Morgan fingerprint density at radius 3 is 2.64 bits per heavy atom. The fourth-order valence-corrected chi connectivity index (χ4v) is 2.89. The first-order chi connectivity index (χ1) is 12.1. The summed E-state index contributed by atoms with van der Waals surface area (Å²) in [6.45, 7) is 0.267. The van der Waals surface area contributed by atoms with E-state index in [9.17, 15) is 4.79 Å². The number of hydrogen-bond donors (Lipinski definition) is 0. The number of rotatable bonds is 3. The zero-order valence-corrected chi connectivity index (χ0v) is 14.4. The van der Waals surface area contributed by atoms with Gasteiger partial charge in [-0.25, -0.2) is 4.68 Å². The maximum atomic E-state index is 12.3. The van der Waals surface area contributed by atoms with E-state index in [0.29, 0.717) is 27.2 Å². The van der Waals surface area contributed by atoms with E-state index < -0.39 is 0 Å². The van der Waals surface area contributed by atoms with Crippen molar-refractivity contribution in [3.8, 4) is 11.4 Å². The van der Waals surface area contributed by atoms with Crippen LogP contribution in [0.1, 0.15) is 5.69 Å². The van der Waals surface area contributed by atoms with E-state index in [-0.39, 0.29) is 19.1 Å². The number of ether oxygens (including phenoxy) is 1. The molecule has 0 saturated carbocycles. The predicted molar refractivity (Wildman–Crippen MR) is 94.5 cm³/mol. The first kappa shape index (κ1) is 15.9. The van der Waals surface area contributed by atoms with Crippen LogP contribution in [0.25, 0.3) is 5.69 Å². The van der Waals surface area contributed by atoms with Gasteiger partial charge in [0.05, 0.1) is 24.1 Å². The van der Waals surface area contributed by atoms with Gasteiger partial charge in [0.25, 0.3) is 5.91 Å². The van der Waals surface area contributed by atoms with Crippen molar-refractivity contribution < 1.29 is 9.53 Å². The molecule has 0 aliphatic carbocycles. The maximum Gasteiger partial charge on any atom is 0.265 e. The van der Waals surface area contributed by atoms with Gasteiger partial charge in [0, 0.05) is 10.0 Å². The summed E-state index contributed by atoms with van der Waals surface area (Å²) in [4.78, 5) is 13.9. The molecule has 25 heavy (non-hydrogen) atoms. The second-order valence-electron chi connectivity index (χ2n) is 5.51. The predicted octanol–water partition coefficient (Wildman–Crippen LogP) is 3.50. The SMILES string of the molecule is O=C1COc2ccc(Cl)cc2N1Cc1cn(-c2ccc(Cl)cc2)nn1. The lowest BCUT2D eigenvalue weighted by atomic mass is 10.2. The van der Waals surface area contributed by atoms with E-state index in [1.54, 1.807) is 46.1 Å². The highest BCUT2D eigenvalue weighted by Crippen LogP contribution is 2.35. The van der Waals surface area contributed by atoms with Gasteiger partial charge < -0.3 is 4.74 Å². The standard InChI is InChI=1S/C17H12Cl2N4O2/c18-11-1-4-14(5-2-11)23-9-13(20-21-23)8-22-15-7-12(19)3-6-16(15)25-10-17(22)24/h1-7,9H,8,10H2. The average Bonchev–Trinajstić information content (AvgIpc) is 3.07. The zero-order chi connectivity index (χ0) is 17.4. The Hall–Kier alpha value is -2.57. The van der Waals surface area contributed by atoms with Gasteiger partial charge >= 0.3 is 0 Å². The molecule has 3 aromatic rings. The second-order valence-corrected chi connectivity index (χ2v) is 6.38. The number of carbonyl (C=O) groups is 1. The summed E-state index contributed by atoms with van der Waals surface area (Å²) in [7, 11) is 0. The fourth-order valence-electron chi connectivity index (χ4n) is 2.60. The van der Waals surface area contributed by atoms with Crippen LogP contribution in [0.4, 0.5) is 5.69 Å². The lowest BCUT2D eigenvalue weighted by Gasteiger charge is -2.28. The average molecular weight is 375 g/mol. The van der Waals surface area contributed by atoms with E-state index in [0.717, 1.165) is 5.69 Å². The second kappa shape index (κ2) is 6.38. The molecule has 1 aliphatic heterocycles. The van der Waals surface area contributed by atoms with Crippen molar-refractivity contribution >= 4 is 34.8 Å². The van der Waals surface area contributed by atoms with Crippen LogP contribution >= 0.6 is 23.2 Å². The van der Waals surface area contributed by atoms with Gasteiger partial charge in [0.1, 0.15) is 11.4 Å². The Morgan fingerprint density at radius 1 is 1.08 bits per heavy atom. The molecule has 0 N–H and O–H groups in total. The van der Waals surface area contributed by atoms with Crippen molar-refractivity contribution in [2.24, 2.45) is 0 Å². The molecular formula is C17H12Cl2N4O2. The van der Waals surface area contributed by atoms with Crippen molar-refractivity contribution in [3.63, 3.8) is 0 Å². The number of halogens is 2. The first-order valence-corrected chi connectivity index (χ1v) is 8.25. The van der Waals surface area contributed by atoms with E-state index in [1.807, 2.05) is 12.1 Å². The van der Waals surface area contributed by atoms with Gasteiger partial charge in [-0.3, -0.25) is 9.69 Å². The van der Waals surface area contributed by atoms with Crippen molar-refractivity contribution in [1.29, 1.82) is 0 Å². The van der Waals surface area contributed by atoms with Crippen LogP contribution < -0.4 is 9.64 Å². The quantitative estimate of drug-likeness (QED) is 0.703. The molecule has 0 radical (unpaired) electrons. The third-order valence-corrected chi connectivity index (χ3v) is 4.30. The molecule has 0 atom stereocenters. The van der Waals surface area contributed by atoms with E-state index in [1.165, 1.54) is 0 Å². The lowest BCUT2D eigenvalue weighted by molar-refractivity contribution is -0.121. The number of benzene rings is 2.